The van der Waals surface area contributed by atoms with Crippen LogP contribution >= 0.6 is 0 Å². The lowest BCUT2D eigenvalue weighted by molar-refractivity contribution is 0.520. The Bertz CT molecular complexity index is 580. The average molecular weight is 297 g/mol. The van der Waals surface area contributed by atoms with Gasteiger partial charge in [-0.25, -0.2) is 12.7 Å². The minimum absolute atomic E-state index is 0.293. The Kier molecular flexibility index (Phi) is 4.25. The molecule has 1 aromatic rings. The molecule has 0 bridgehead atoms. The molecule has 0 spiro atoms. The second-order valence-electron chi connectivity index (χ2n) is 5.49. The topological polar surface area (TPSA) is 66.6 Å². The van der Waals surface area contributed by atoms with Gasteiger partial charge in [-0.3, -0.25) is 0 Å². The van der Waals surface area contributed by atoms with Gasteiger partial charge in [0.15, 0.2) is 0 Å². The van der Waals surface area contributed by atoms with E-state index in [4.69, 9.17) is 5.73 Å². The van der Waals surface area contributed by atoms with Crippen molar-refractivity contribution in [1.29, 1.82) is 0 Å². The molecule has 0 unspecified atom stereocenters. The zero-order chi connectivity index (χ0) is 14.9. The summed E-state index contributed by atoms with van der Waals surface area (Å²) in [6, 6.07) is 4.94. The van der Waals surface area contributed by atoms with Crippen molar-refractivity contribution < 1.29 is 8.42 Å². The van der Waals surface area contributed by atoms with Crippen molar-refractivity contribution in [2.24, 2.45) is 5.92 Å². The normalized spacial score (nSPS) is 15.6. The highest BCUT2D eigenvalue weighted by Gasteiger charge is 2.26. The molecular weight excluding hydrogens is 274 g/mol. The van der Waals surface area contributed by atoms with E-state index < -0.39 is 10.0 Å². The third-order valence-electron chi connectivity index (χ3n) is 3.68. The summed E-state index contributed by atoms with van der Waals surface area (Å²) in [4.78, 5) is 2.46. The summed E-state index contributed by atoms with van der Waals surface area (Å²) in [5.41, 5.74) is 7.48. The van der Waals surface area contributed by atoms with E-state index in [1.165, 1.54) is 31.2 Å². The van der Waals surface area contributed by atoms with Crippen molar-refractivity contribution in [3.8, 4) is 0 Å². The number of nitrogen functional groups attached to an aromatic ring is 1. The van der Waals surface area contributed by atoms with Gasteiger partial charge in [-0.15, -0.1) is 0 Å². The fraction of sp³-hybridized carbons (Fsp3) is 0.571. The second kappa shape index (κ2) is 5.61. The highest BCUT2D eigenvalue weighted by Crippen LogP contribution is 2.34. The monoisotopic (exact) mass is 297 g/mol. The highest BCUT2D eigenvalue weighted by molar-refractivity contribution is 7.89. The summed E-state index contributed by atoms with van der Waals surface area (Å²) >= 11 is 0. The first-order valence-electron chi connectivity index (χ1n) is 6.93. The molecule has 1 saturated carbocycles. The van der Waals surface area contributed by atoms with Crippen LogP contribution in [0.25, 0.3) is 0 Å². The number of nitrogens with two attached hydrogens (primary N) is 1. The van der Waals surface area contributed by atoms with E-state index in [1.807, 2.05) is 0 Å². The fourth-order valence-corrected chi connectivity index (χ4v) is 3.10. The van der Waals surface area contributed by atoms with Crippen LogP contribution in [-0.4, -0.2) is 39.9 Å². The first-order chi connectivity index (χ1) is 9.36. The molecule has 0 amide bonds. The molecule has 2 rings (SSSR count). The van der Waals surface area contributed by atoms with Crippen LogP contribution in [0.5, 0.6) is 0 Å². The Labute approximate surface area is 121 Å². The van der Waals surface area contributed by atoms with Crippen molar-refractivity contribution in [3.05, 3.63) is 18.2 Å². The Hall–Kier alpha value is -1.27. The maximum Gasteiger partial charge on any atom is 0.242 e. The first-order valence-corrected chi connectivity index (χ1v) is 8.37. The number of rotatable bonds is 6. The van der Waals surface area contributed by atoms with Crippen molar-refractivity contribution in [2.75, 3.05) is 37.8 Å². The maximum atomic E-state index is 12.2. The van der Waals surface area contributed by atoms with Gasteiger partial charge in [0.25, 0.3) is 0 Å². The molecule has 6 heteroatoms. The third-order valence-corrected chi connectivity index (χ3v) is 5.49. The summed E-state index contributed by atoms with van der Waals surface area (Å²) in [5, 5.41) is 0. The molecule has 0 heterocycles. The van der Waals surface area contributed by atoms with Crippen LogP contribution in [0.15, 0.2) is 23.1 Å². The third kappa shape index (κ3) is 3.07. The number of anilines is 2. The molecule has 1 aliphatic rings. The van der Waals surface area contributed by atoms with E-state index in [1.54, 1.807) is 18.2 Å². The molecule has 1 aliphatic carbocycles. The van der Waals surface area contributed by atoms with E-state index in [9.17, 15) is 8.42 Å². The number of sulfonamides is 1. The molecule has 1 aromatic carbocycles. The second-order valence-corrected chi connectivity index (χ2v) is 7.64. The van der Waals surface area contributed by atoms with E-state index in [-0.39, 0.29) is 0 Å². The molecule has 0 radical (unpaired) electrons. The van der Waals surface area contributed by atoms with Crippen LogP contribution in [0.1, 0.15) is 19.8 Å². The van der Waals surface area contributed by atoms with E-state index >= 15 is 0 Å². The zero-order valence-corrected chi connectivity index (χ0v) is 13.2. The molecule has 112 valence electrons. The molecule has 2 N–H and O–H groups in total. The van der Waals surface area contributed by atoms with Crippen LogP contribution in [-0.2, 0) is 10.0 Å². The van der Waals surface area contributed by atoms with Gasteiger partial charge in [0.1, 0.15) is 0 Å². The van der Waals surface area contributed by atoms with Crippen LogP contribution in [0.2, 0.25) is 0 Å². The Morgan fingerprint density at radius 1 is 1.30 bits per heavy atom. The van der Waals surface area contributed by atoms with Crippen LogP contribution in [0, 0.1) is 5.92 Å². The van der Waals surface area contributed by atoms with Gasteiger partial charge in [0, 0.05) is 27.2 Å². The average Bonchev–Trinajstić information content (AvgIpc) is 3.20. The van der Waals surface area contributed by atoms with Crippen molar-refractivity contribution >= 4 is 21.4 Å². The van der Waals surface area contributed by atoms with Gasteiger partial charge >= 0.3 is 0 Å². The molecule has 5 nitrogen and oxygen atoms in total. The molecule has 0 aliphatic heterocycles. The molecule has 0 aromatic heterocycles. The minimum atomic E-state index is -3.42. The lowest BCUT2D eigenvalue weighted by atomic mass is 10.2. The van der Waals surface area contributed by atoms with Gasteiger partial charge in [0.2, 0.25) is 10.0 Å². The predicted octanol–water partition coefficient (Wildman–Crippen LogP) is 1.76. The van der Waals surface area contributed by atoms with Crippen LogP contribution < -0.4 is 10.6 Å². The molecule has 0 atom stereocenters. The highest BCUT2D eigenvalue weighted by atomic mass is 32.2. The predicted molar refractivity (Wildman–Crippen MR) is 82.3 cm³/mol. The van der Waals surface area contributed by atoms with Crippen molar-refractivity contribution in [2.45, 2.75) is 24.7 Å². The summed E-state index contributed by atoms with van der Waals surface area (Å²) in [6.07, 6.45) is 2.51. The van der Waals surface area contributed by atoms with Gasteiger partial charge in [-0.2, -0.15) is 0 Å². The Balaban J connectivity index is 2.37. The quantitative estimate of drug-likeness (QED) is 0.812. The standard InChI is InChI=1S/C14H23N3O2S/c1-4-17(10-11-5-6-11)14-9-12(7-8-13(14)15)20(18,19)16(2)3/h7-9,11H,4-6,10,15H2,1-3H3. The van der Waals surface area contributed by atoms with Crippen LogP contribution in [0.4, 0.5) is 11.4 Å². The van der Waals surface area contributed by atoms with Gasteiger partial charge in [-0.05, 0) is 43.9 Å². The molecular formula is C14H23N3O2S. The number of nitrogens with zero attached hydrogens (tertiary/aromatic N) is 2. The minimum Gasteiger partial charge on any atom is -0.397 e. The van der Waals surface area contributed by atoms with Crippen LogP contribution in [0.3, 0.4) is 0 Å². The molecule has 1 fully saturated rings. The fourth-order valence-electron chi connectivity index (χ4n) is 2.18. The van der Waals surface area contributed by atoms with Crippen molar-refractivity contribution in [1.82, 2.24) is 4.31 Å². The van der Waals surface area contributed by atoms with Crippen molar-refractivity contribution in [3.63, 3.8) is 0 Å². The van der Waals surface area contributed by atoms with Gasteiger partial charge in [0.05, 0.1) is 16.3 Å². The Morgan fingerprint density at radius 3 is 2.45 bits per heavy atom. The lowest BCUT2D eigenvalue weighted by Crippen LogP contribution is -2.27. The summed E-state index contributed by atoms with van der Waals surface area (Å²) in [6.45, 7) is 3.84. The Morgan fingerprint density at radius 2 is 1.95 bits per heavy atom. The van der Waals surface area contributed by atoms with E-state index in [0.29, 0.717) is 10.6 Å². The number of benzene rings is 1. The number of hydrogen-bond acceptors (Lipinski definition) is 4. The van der Waals surface area contributed by atoms with Gasteiger partial charge < -0.3 is 10.6 Å². The number of hydrogen-bond donors (Lipinski definition) is 1. The molecule has 20 heavy (non-hydrogen) atoms. The zero-order valence-electron chi connectivity index (χ0n) is 12.3. The largest absolute Gasteiger partial charge is 0.397 e. The first kappa shape index (κ1) is 15.1. The van der Waals surface area contributed by atoms with E-state index in [0.717, 1.165) is 24.7 Å². The van der Waals surface area contributed by atoms with E-state index in [2.05, 4.69) is 11.8 Å². The summed E-state index contributed by atoms with van der Waals surface area (Å²) < 4.78 is 25.6. The summed E-state index contributed by atoms with van der Waals surface area (Å²) in [7, 11) is -0.350. The smallest absolute Gasteiger partial charge is 0.242 e. The molecule has 0 saturated heterocycles. The maximum absolute atomic E-state index is 12.2. The summed E-state index contributed by atoms with van der Waals surface area (Å²) in [5.74, 6) is 0.725. The SMILES string of the molecule is CCN(CC1CC1)c1cc(S(=O)(=O)N(C)C)ccc1N. The van der Waals surface area contributed by atoms with Gasteiger partial charge in [-0.1, -0.05) is 0 Å². The lowest BCUT2D eigenvalue weighted by Gasteiger charge is -2.25.